The summed E-state index contributed by atoms with van der Waals surface area (Å²) < 4.78 is 16.5. The maximum absolute atomic E-state index is 13.3. The molecule has 4 N–H and O–H groups in total. The number of hydrogen-bond donors (Lipinski definition) is 4. The van der Waals surface area contributed by atoms with Gasteiger partial charge < -0.3 is 35.1 Å². The summed E-state index contributed by atoms with van der Waals surface area (Å²) in [6.45, 7) is 4.07. The maximum atomic E-state index is 13.3. The van der Waals surface area contributed by atoms with Crippen molar-refractivity contribution in [1.82, 2.24) is 30.4 Å². The Balaban J connectivity index is 0.795. The Morgan fingerprint density at radius 3 is 2.29 bits per heavy atom. The lowest BCUT2D eigenvalue weighted by Crippen LogP contribution is -2.54. The second-order valence-electron chi connectivity index (χ2n) is 15.4. The topological polar surface area (TPSA) is 217 Å². The van der Waals surface area contributed by atoms with Crippen molar-refractivity contribution in [1.29, 1.82) is 0 Å². The Morgan fingerprint density at radius 2 is 1.60 bits per heavy atom. The number of piperidine rings is 1. The van der Waals surface area contributed by atoms with E-state index in [0.29, 0.717) is 37.8 Å². The van der Waals surface area contributed by atoms with Crippen molar-refractivity contribution in [3.8, 4) is 17.2 Å². The minimum absolute atomic E-state index is 0.0419. The third kappa shape index (κ3) is 10.6. The number of carbonyl (C=O) groups excluding carboxylic acids is 6. The number of imide groups is 2. The fourth-order valence-electron chi connectivity index (χ4n) is 7.63. The summed E-state index contributed by atoms with van der Waals surface area (Å²) in [5.41, 5.74) is 2.25. The number of rotatable bonds is 17. The van der Waals surface area contributed by atoms with E-state index in [0.717, 1.165) is 55.3 Å². The van der Waals surface area contributed by atoms with Gasteiger partial charge in [-0.1, -0.05) is 29.3 Å². The first-order valence-corrected chi connectivity index (χ1v) is 21.7. The third-order valence-corrected chi connectivity index (χ3v) is 11.9. The lowest BCUT2D eigenvalue weighted by atomic mass is 10.0. The van der Waals surface area contributed by atoms with Crippen LogP contribution in [0.2, 0.25) is 10.0 Å². The summed E-state index contributed by atoms with van der Waals surface area (Å²) >= 11 is 12.9. The second-order valence-corrected chi connectivity index (χ2v) is 16.1. The van der Waals surface area contributed by atoms with Gasteiger partial charge in [0, 0.05) is 69.7 Å². The largest absolute Gasteiger partial charge is 0.495 e. The van der Waals surface area contributed by atoms with Gasteiger partial charge in [0.1, 0.15) is 51.3 Å². The summed E-state index contributed by atoms with van der Waals surface area (Å²) in [5, 5.41) is 11.4. The van der Waals surface area contributed by atoms with Crippen molar-refractivity contribution in [3.05, 3.63) is 82.1 Å². The van der Waals surface area contributed by atoms with Crippen molar-refractivity contribution in [3.63, 3.8) is 0 Å². The van der Waals surface area contributed by atoms with E-state index in [1.165, 1.54) is 37.6 Å². The zero-order valence-corrected chi connectivity index (χ0v) is 37.5. The first-order chi connectivity index (χ1) is 31.4. The third-order valence-electron chi connectivity index (χ3n) is 11.2. The van der Waals surface area contributed by atoms with Crippen LogP contribution in [-0.4, -0.2) is 129 Å². The van der Waals surface area contributed by atoms with Crippen LogP contribution in [0.5, 0.6) is 17.2 Å². The number of unbranched alkanes of at least 4 members (excludes halogenated alkanes) is 2. The molecule has 21 heteroatoms. The molecule has 342 valence electrons. The van der Waals surface area contributed by atoms with Gasteiger partial charge in [-0.25, -0.2) is 14.8 Å². The Morgan fingerprint density at radius 1 is 0.877 bits per heavy atom. The number of urea groups is 1. The lowest BCUT2D eigenvalue weighted by molar-refractivity contribution is -0.136. The number of aromatic nitrogens is 2. The van der Waals surface area contributed by atoms with E-state index in [2.05, 4.69) is 41.0 Å². The highest BCUT2D eigenvalue weighted by molar-refractivity contribution is 6.41. The van der Waals surface area contributed by atoms with Gasteiger partial charge in [0.15, 0.2) is 0 Å². The molecule has 65 heavy (non-hydrogen) atoms. The van der Waals surface area contributed by atoms with Crippen LogP contribution in [0, 0.1) is 0 Å². The number of hydrogen-bond acceptors (Lipinski definition) is 14. The van der Waals surface area contributed by atoms with Gasteiger partial charge in [0.2, 0.25) is 17.7 Å². The van der Waals surface area contributed by atoms with E-state index >= 15 is 0 Å². The van der Waals surface area contributed by atoms with E-state index in [9.17, 15) is 28.8 Å². The molecule has 1 unspecified atom stereocenters. The average molecular weight is 932 g/mol. The quantitative estimate of drug-likeness (QED) is 0.0801. The van der Waals surface area contributed by atoms with Crippen LogP contribution in [0.1, 0.15) is 52.8 Å². The highest BCUT2D eigenvalue weighted by atomic mass is 35.5. The molecule has 1 atom stereocenters. The zero-order chi connectivity index (χ0) is 46.2. The first kappa shape index (κ1) is 46.3. The fourth-order valence-corrected chi connectivity index (χ4v) is 8.23. The van der Waals surface area contributed by atoms with Crippen LogP contribution in [0.25, 0.3) is 0 Å². The molecule has 3 aliphatic heterocycles. The molecule has 2 fully saturated rings. The van der Waals surface area contributed by atoms with Crippen molar-refractivity contribution in [2.24, 2.45) is 0 Å². The van der Waals surface area contributed by atoms with Crippen LogP contribution in [0.3, 0.4) is 0 Å². The molecule has 4 aromatic rings. The molecule has 0 spiro atoms. The molecular formula is C44H48Cl2N10O9. The highest BCUT2D eigenvalue weighted by Gasteiger charge is 2.46. The van der Waals surface area contributed by atoms with Gasteiger partial charge in [0.05, 0.1) is 44.2 Å². The molecule has 0 radical (unpaired) electrons. The molecule has 0 aliphatic carbocycles. The SMILES string of the molecule is COc1cc(OC)c(Cl)c(NC(=O)N(C)c2cc(Nc3ccc(N4CCN(CC(=O)NCCCCCOc5cccc6c5C(=O)N(C5CCC(=O)NC5=O)C6=O)CC4)cc3)ncn2)c1Cl. The highest BCUT2D eigenvalue weighted by Crippen LogP contribution is 2.44. The van der Waals surface area contributed by atoms with E-state index in [-0.39, 0.29) is 62.9 Å². The normalized spacial score (nSPS) is 16.2. The van der Waals surface area contributed by atoms with Crippen molar-refractivity contribution in [2.45, 2.75) is 38.1 Å². The number of nitrogens with one attached hydrogen (secondary N) is 4. The van der Waals surface area contributed by atoms with E-state index in [4.69, 9.17) is 37.4 Å². The van der Waals surface area contributed by atoms with Crippen LogP contribution in [-0.2, 0) is 14.4 Å². The number of carbonyl (C=O) groups is 6. The first-order valence-electron chi connectivity index (χ1n) is 20.9. The standard InChI is InChI=1S/C44H48Cl2N10O9/c1-53(44(62)52-40-38(45)31(63-2)22-32(64-3)39(40)46)34-23-33(48-25-49-34)50-26-10-12-27(13-11-26)55-19-17-54(18-20-55)24-36(58)47-16-5-4-6-21-65-30-9-7-8-28-37(30)43(61)56(42(28)60)29-14-15-35(57)51-41(29)59/h7-13,22-23,25,29H,4-6,14-21,24H2,1-3H3,(H,47,58)(H,52,62)(H,48,49,50)(H,51,57,59). The van der Waals surface area contributed by atoms with E-state index in [1.54, 1.807) is 25.2 Å². The van der Waals surface area contributed by atoms with Gasteiger partial charge in [-0.3, -0.25) is 44.0 Å². The van der Waals surface area contributed by atoms with Crippen molar-refractivity contribution in [2.75, 3.05) is 87.6 Å². The molecule has 0 saturated carbocycles. The molecule has 3 aliphatic rings. The van der Waals surface area contributed by atoms with Crippen LogP contribution in [0.4, 0.5) is 33.5 Å². The molecule has 7 rings (SSSR count). The van der Waals surface area contributed by atoms with Crippen molar-refractivity contribution < 1.29 is 43.0 Å². The number of benzene rings is 3. The van der Waals surface area contributed by atoms with E-state index in [1.807, 2.05) is 24.3 Å². The summed E-state index contributed by atoms with van der Waals surface area (Å²) in [7, 11) is 4.42. The molecule has 7 amide bonds. The Labute approximate surface area is 384 Å². The Kier molecular flexibility index (Phi) is 14.9. The fraction of sp³-hybridized carbons (Fsp3) is 0.364. The average Bonchev–Trinajstić information content (AvgIpc) is 3.56. The number of methoxy groups -OCH3 is 2. The van der Waals surface area contributed by atoms with Crippen LogP contribution >= 0.6 is 23.2 Å². The zero-order valence-electron chi connectivity index (χ0n) is 35.9. The van der Waals surface area contributed by atoms with Gasteiger partial charge in [-0.15, -0.1) is 0 Å². The number of anilines is 5. The maximum Gasteiger partial charge on any atom is 0.327 e. The Hall–Kier alpha value is -6.70. The van der Waals surface area contributed by atoms with Crippen LogP contribution < -0.4 is 45.3 Å². The van der Waals surface area contributed by atoms with Gasteiger partial charge >= 0.3 is 6.03 Å². The van der Waals surface area contributed by atoms with Gasteiger partial charge in [-0.05, 0) is 62.1 Å². The van der Waals surface area contributed by atoms with Crippen LogP contribution in [0.15, 0.2) is 60.9 Å². The van der Waals surface area contributed by atoms with E-state index < -0.39 is 35.7 Å². The molecule has 2 saturated heterocycles. The number of piperazine rings is 1. The molecule has 1 aromatic heterocycles. The van der Waals surface area contributed by atoms with Gasteiger partial charge in [-0.2, -0.15) is 0 Å². The molecule has 19 nitrogen and oxygen atoms in total. The number of nitrogens with zero attached hydrogens (tertiary/aromatic N) is 6. The lowest BCUT2D eigenvalue weighted by Gasteiger charge is -2.35. The summed E-state index contributed by atoms with van der Waals surface area (Å²) in [5.74, 6) is -0.726. The molecular weight excluding hydrogens is 883 g/mol. The smallest absolute Gasteiger partial charge is 0.327 e. The van der Waals surface area contributed by atoms with Gasteiger partial charge in [0.25, 0.3) is 11.8 Å². The molecule has 0 bridgehead atoms. The predicted molar refractivity (Wildman–Crippen MR) is 243 cm³/mol. The minimum atomic E-state index is -1.04. The monoisotopic (exact) mass is 930 g/mol. The summed E-state index contributed by atoms with van der Waals surface area (Å²) in [4.78, 5) is 91.4. The summed E-state index contributed by atoms with van der Waals surface area (Å²) in [6.07, 6.45) is 3.63. The second kappa shape index (κ2) is 20.9. The van der Waals surface area contributed by atoms with Crippen molar-refractivity contribution >= 4 is 87.5 Å². The minimum Gasteiger partial charge on any atom is -0.495 e. The number of halogens is 2. The predicted octanol–water partition coefficient (Wildman–Crippen LogP) is 5.10. The number of amides is 7. The molecule has 4 heterocycles. The number of ether oxygens (including phenoxy) is 3. The summed E-state index contributed by atoms with van der Waals surface area (Å²) in [6, 6.07) is 14.2. The Bertz CT molecular complexity index is 2440. The number of fused-ring (bicyclic) bond motifs is 1. The molecule has 3 aromatic carbocycles.